The number of amides is 1. The number of rotatable bonds is 2. The molecular formula is C26H28N2O2S2. The van der Waals surface area contributed by atoms with Gasteiger partial charge in [-0.3, -0.25) is 14.5 Å². The number of hydrogen-bond acceptors (Lipinski definition) is 5. The number of anilines is 1. The minimum absolute atomic E-state index is 0.0124. The van der Waals surface area contributed by atoms with Gasteiger partial charge in [-0.2, -0.15) is 5.26 Å². The minimum atomic E-state index is -0.204. The van der Waals surface area contributed by atoms with E-state index in [0.29, 0.717) is 24.8 Å². The number of thiophene rings is 2. The van der Waals surface area contributed by atoms with Crippen LogP contribution >= 0.6 is 22.7 Å². The maximum atomic E-state index is 13.7. The van der Waals surface area contributed by atoms with Crippen molar-refractivity contribution in [2.24, 2.45) is 5.41 Å². The zero-order chi connectivity index (χ0) is 22.5. The molecule has 2 aliphatic carbocycles. The molecule has 0 saturated carbocycles. The highest BCUT2D eigenvalue weighted by Gasteiger charge is 2.45. The van der Waals surface area contributed by atoms with Crippen LogP contribution in [0.5, 0.6) is 0 Å². The second kappa shape index (κ2) is 8.28. The number of Topliss-reactive ketones (excluding diaryl/α,β-unsaturated/α-hetero) is 1. The van der Waals surface area contributed by atoms with Crippen LogP contribution in [0.4, 0.5) is 5.00 Å². The van der Waals surface area contributed by atoms with E-state index in [0.717, 1.165) is 52.4 Å². The molecule has 0 N–H and O–H groups in total. The smallest absolute Gasteiger partial charge is 0.232 e. The van der Waals surface area contributed by atoms with Crippen molar-refractivity contribution in [3.05, 3.63) is 49.7 Å². The highest BCUT2D eigenvalue weighted by Crippen LogP contribution is 2.51. The van der Waals surface area contributed by atoms with Gasteiger partial charge in [0.15, 0.2) is 5.78 Å². The van der Waals surface area contributed by atoms with Crippen LogP contribution in [0.3, 0.4) is 0 Å². The molecule has 3 aliphatic rings. The standard InChI is InChI=1S/C26H28N2O2S2/c1-26(2)13-19-24(20(29)14-26)17(21-10-7-11-31-21)12-23(30)28(19)25-18(15-27)16-8-5-3-4-6-9-22(16)32-25/h7,10-11,17H,3-6,8-9,12-14H2,1-2H3. The van der Waals surface area contributed by atoms with E-state index < -0.39 is 0 Å². The lowest BCUT2D eigenvalue weighted by Gasteiger charge is -2.42. The number of nitrogens with zero attached hydrogens (tertiary/aromatic N) is 2. The third-order valence-electron chi connectivity index (χ3n) is 7.00. The highest BCUT2D eigenvalue weighted by molar-refractivity contribution is 7.16. The Hall–Kier alpha value is -2.23. The van der Waals surface area contributed by atoms with Crippen LogP contribution in [0, 0.1) is 16.7 Å². The van der Waals surface area contributed by atoms with E-state index in [-0.39, 0.29) is 23.0 Å². The molecule has 0 spiro atoms. The number of carbonyl (C=O) groups excluding carboxylic acids is 2. The van der Waals surface area contributed by atoms with Crippen LogP contribution in [0.1, 0.15) is 85.6 Å². The molecule has 0 saturated heterocycles. The van der Waals surface area contributed by atoms with Crippen LogP contribution in [0.2, 0.25) is 0 Å². The third-order valence-corrected chi connectivity index (χ3v) is 9.26. The Balaban J connectivity index is 1.69. The maximum Gasteiger partial charge on any atom is 0.232 e. The van der Waals surface area contributed by atoms with Gasteiger partial charge in [-0.1, -0.05) is 32.8 Å². The molecule has 0 radical (unpaired) electrons. The number of nitriles is 1. The first-order valence-corrected chi connectivity index (χ1v) is 13.3. The first-order valence-electron chi connectivity index (χ1n) is 11.6. The monoisotopic (exact) mass is 464 g/mol. The van der Waals surface area contributed by atoms with E-state index in [4.69, 9.17) is 0 Å². The van der Waals surface area contributed by atoms with E-state index in [2.05, 4.69) is 19.9 Å². The van der Waals surface area contributed by atoms with Gasteiger partial charge in [0, 0.05) is 39.8 Å². The van der Waals surface area contributed by atoms with Gasteiger partial charge in [0.25, 0.3) is 0 Å². The highest BCUT2D eigenvalue weighted by atomic mass is 32.1. The van der Waals surface area contributed by atoms with Crippen LogP contribution in [0.15, 0.2) is 28.8 Å². The van der Waals surface area contributed by atoms with Crippen molar-refractivity contribution in [2.45, 2.75) is 77.6 Å². The van der Waals surface area contributed by atoms with Gasteiger partial charge in [0.05, 0.1) is 5.56 Å². The van der Waals surface area contributed by atoms with Crippen LogP contribution < -0.4 is 4.90 Å². The van der Waals surface area contributed by atoms with E-state index in [9.17, 15) is 14.9 Å². The van der Waals surface area contributed by atoms with Gasteiger partial charge in [-0.05, 0) is 54.5 Å². The van der Waals surface area contributed by atoms with Gasteiger partial charge in [0.2, 0.25) is 5.91 Å². The predicted molar refractivity (Wildman–Crippen MR) is 129 cm³/mol. The zero-order valence-electron chi connectivity index (χ0n) is 18.7. The van der Waals surface area contributed by atoms with Crippen molar-refractivity contribution in [1.29, 1.82) is 5.26 Å². The van der Waals surface area contributed by atoms with Gasteiger partial charge in [-0.25, -0.2) is 0 Å². The van der Waals surface area contributed by atoms with Crippen molar-refractivity contribution in [2.75, 3.05) is 4.90 Å². The summed E-state index contributed by atoms with van der Waals surface area (Å²) in [7, 11) is 0. The fourth-order valence-corrected chi connectivity index (χ4v) is 7.78. The number of carbonyl (C=O) groups is 2. The predicted octanol–water partition coefficient (Wildman–Crippen LogP) is 6.50. The average molecular weight is 465 g/mol. The Morgan fingerprint density at radius 3 is 2.62 bits per heavy atom. The summed E-state index contributed by atoms with van der Waals surface area (Å²) >= 11 is 3.23. The quantitative estimate of drug-likeness (QED) is 0.509. The first kappa shape index (κ1) is 21.6. The van der Waals surface area contributed by atoms with Crippen LogP contribution in [-0.4, -0.2) is 11.7 Å². The Morgan fingerprint density at radius 1 is 1.12 bits per heavy atom. The molecular weight excluding hydrogens is 436 g/mol. The van der Waals surface area contributed by atoms with Crippen molar-refractivity contribution in [3.8, 4) is 6.07 Å². The van der Waals surface area contributed by atoms with E-state index in [1.165, 1.54) is 17.7 Å². The van der Waals surface area contributed by atoms with Gasteiger partial charge < -0.3 is 0 Å². The van der Waals surface area contributed by atoms with Gasteiger partial charge in [-0.15, -0.1) is 22.7 Å². The SMILES string of the molecule is CC1(C)CC(=O)C2=C(C1)N(c1sc3c(c1C#N)CCCCCC3)C(=O)CC2c1cccs1. The van der Waals surface area contributed by atoms with Crippen LogP contribution in [0.25, 0.3) is 0 Å². The molecule has 1 amide bonds. The summed E-state index contributed by atoms with van der Waals surface area (Å²) in [5.74, 6) is 0.00261. The first-order chi connectivity index (χ1) is 15.4. The summed E-state index contributed by atoms with van der Waals surface area (Å²) in [4.78, 5) is 31.2. The lowest BCUT2D eigenvalue weighted by Crippen LogP contribution is -2.43. The van der Waals surface area contributed by atoms with Crippen LogP contribution in [-0.2, 0) is 22.4 Å². The Labute approximate surface area is 197 Å². The van der Waals surface area contributed by atoms with Crippen molar-refractivity contribution in [1.82, 2.24) is 0 Å². The molecule has 6 heteroatoms. The zero-order valence-corrected chi connectivity index (χ0v) is 20.3. The molecule has 5 rings (SSSR count). The molecule has 166 valence electrons. The number of hydrogen-bond donors (Lipinski definition) is 0. The molecule has 1 atom stereocenters. The Kier molecular flexibility index (Phi) is 5.59. The van der Waals surface area contributed by atoms with Crippen molar-refractivity contribution in [3.63, 3.8) is 0 Å². The second-order valence-electron chi connectivity index (χ2n) is 10.0. The average Bonchev–Trinajstić information content (AvgIpc) is 3.34. The normalized spacial score (nSPS) is 23.3. The second-order valence-corrected chi connectivity index (χ2v) is 12.1. The van der Waals surface area contributed by atoms with Crippen molar-refractivity contribution >= 4 is 39.4 Å². The number of ketones is 1. The van der Waals surface area contributed by atoms with E-state index >= 15 is 0 Å². The summed E-state index contributed by atoms with van der Waals surface area (Å²) in [6.45, 7) is 4.20. The third kappa shape index (κ3) is 3.66. The summed E-state index contributed by atoms with van der Waals surface area (Å²) in [5, 5.41) is 12.9. The fraction of sp³-hybridized carbons (Fsp3) is 0.500. The van der Waals surface area contributed by atoms with E-state index in [1.807, 2.05) is 17.5 Å². The Morgan fingerprint density at radius 2 is 1.91 bits per heavy atom. The lowest BCUT2D eigenvalue weighted by atomic mass is 9.70. The lowest BCUT2D eigenvalue weighted by molar-refractivity contribution is -0.120. The summed E-state index contributed by atoms with van der Waals surface area (Å²) in [5.41, 5.74) is 3.24. The molecule has 4 nitrogen and oxygen atoms in total. The van der Waals surface area contributed by atoms with Gasteiger partial charge in [0.1, 0.15) is 11.1 Å². The molecule has 3 heterocycles. The van der Waals surface area contributed by atoms with E-state index in [1.54, 1.807) is 27.6 Å². The van der Waals surface area contributed by atoms with Gasteiger partial charge >= 0.3 is 0 Å². The molecule has 0 fully saturated rings. The number of aryl methyl sites for hydroxylation is 1. The largest absolute Gasteiger partial charge is 0.294 e. The van der Waals surface area contributed by atoms with Crippen molar-refractivity contribution < 1.29 is 9.59 Å². The molecule has 2 aromatic rings. The molecule has 2 aromatic heterocycles. The molecule has 1 aliphatic heterocycles. The topological polar surface area (TPSA) is 61.2 Å². The summed E-state index contributed by atoms with van der Waals surface area (Å²) in [6, 6.07) is 6.47. The molecule has 32 heavy (non-hydrogen) atoms. The minimum Gasteiger partial charge on any atom is -0.294 e. The maximum absolute atomic E-state index is 13.7. The summed E-state index contributed by atoms with van der Waals surface area (Å²) < 4.78 is 0. The molecule has 0 aromatic carbocycles. The molecule has 1 unspecified atom stereocenters. The fourth-order valence-electron chi connectivity index (χ4n) is 5.56. The molecule has 0 bridgehead atoms. The number of fused-ring (bicyclic) bond motifs is 1. The summed E-state index contributed by atoms with van der Waals surface area (Å²) in [6.07, 6.45) is 7.99. The Bertz CT molecular complexity index is 1150. The number of allylic oxidation sites excluding steroid dienone is 2.